The zero-order valence-electron chi connectivity index (χ0n) is 13.5. The third-order valence-electron chi connectivity index (χ3n) is 3.94. The van der Waals surface area contributed by atoms with Crippen molar-refractivity contribution in [3.05, 3.63) is 48.2 Å². The van der Waals surface area contributed by atoms with Gasteiger partial charge in [-0.2, -0.15) is 4.98 Å². The first-order valence-corrected chi connectivity index (χ1v) is 8.06. The van der Waals surface area contributed by atoms with Gasteiger partial charge in [0, 0.05) is 18.3 Å². The maximum absolute atomic E-state index is 5.99. The lowest BCUT2D eigenvalue weighted by Gasteiger charge is -2.22. The Bertz CT molecular complexity index is 800. The number of nitrogens with zero attached hydrogens (tertiary/aromatic N) is 3. The highest BCUT2D eigenvalue weighted by atomic mass is 16.5. The Balaban J connectivity index is 1.53. The topological polar surface area (TPSA) is 60.6 Å². The highest BCUT2D eigenvalue weighted by Crippen LogP contribution is 2.23. The molecule has 3 heterocycles. The standard InChI is InChI=1S/C18H19N3O3/c1-13-5-4-8-17(19-13)23-14-11-21(9-10-22-12-14)18-20-15-6-2-3-7-16(15)24-18/h2-8,14H,9-12H2,1H3/t14-/m1/s1. The van der Waals surface area contributed by atoms with Crippen LogP contribution < -0.4 is 9.64 Å². The number of benzene rings is 1. The molecule has 0 aliphatic carbocycles. The SMILES string of the molecule is Cc1cccc(O[C@H]2COCCN(c3nc4ccccc4o3)C2)n1. The summed E-state index contributed by atoms with van der Waals surface area (Å²) in [7, 11) is 0. The second-order valence-corrected chi connectivity index (χ2v) is 5.84. The van der Waals surface area contributed by atoms with E-state index in [1.807, 2.05) is 49.4 Å². The molecule has 24 heavy (non-hydrogen) atoms. The largest absolute Gasteiger partial charge is 0.470 e. The van der Waals surface area contributed by atoms with E-state index in [4.69, 9.17) is 13.9 Å². The molecular formula is C18H19N3O3. The number of ether oxygens (including phenoxy) is 2. The Kier molecular flexibility index (Phi) is 4.04. The van der Waals surface area contributed by atoms with Gasteiger partial charge in [-0.3, -0.25) is 0 Å². The van der Waals surface area contributed by atoms with Crippen LogP contribution in [0.25, 0.3) is 11.1 Å². The third kappa shape index (κ3) is 3.19. The fraction of sp³-hybridized carbons (Fsp3) is 0.333. The van der Waals surface area contributed by atoms with Crippen LogP contribution in [0.5, 0.6) is 5.88 Å². The van der Waals surface area contributed by atoms with Crippen molar-refractivity contribution >= 4 is 17.1 Å². The first kappa shape index (κ1) is 15.0. The second-order valence-electron chi connectivity index (χ2n) is 5.84. The molecule has 0 unspecified atom stereocenters. The summed E-state index contributed by atoms with van der Waals surface area (Å²) in [6, 6.07) is 14.1. The van der Waals surface area contributed by atoms with Crippen LogP contribution in [-0.2, 0) is 4.74 Å². The summed E-state index contributed by atoms with van der Waals surface area (Å²) in [6.45, 7) is 4.43. The van der Waals surface area contributed by atoms with E-state index in [0.717, 1.165) is 16.8 Å². The van der Waals surface area contributed by atoms with Crippen molar-refractivity contribution in [2.45, 2.75) is 13.0 Å². The highest BCUT2D eigenvalue weighted by Gasteiger charge is 2.24. The maximum Gasteiger partial charge on any atom is 0.298 e. The molecule has 6 heteroatoms. The molecule has 1 atom stereocenters. The van der Waals surface area contributed by atoms with Crippen molar-refractivity contribution in [3.63, 3.8) is 0 Å². The van der Waals surface area contributed by atoms with Gasteiger partial charge in [0.15, 0.2) is 5.58 Å². The first-order valence-electron chi connectivity index (χ1n) is 8.06. The summed E-state index contributed by atoms with van der Waals surface area (Å²) in [5.41, 5.74) is 2.57. The van der Waals surface area contributed by atoms with Crippen molar-refractivity contribution in [2.24, 2.45) is 0 Å². The molecule has 124 valence electrons. The van der Waals surface area contributed by atoms with Gasteiger partial charge in [0.2, 0.25) is 5.88 Å². The number of para-hydroxylation sites is 2. The Morgan fingerprint density at radius 2 is 2.04 bits per heavy atom. The van der Waals surface area contributed by atoms with E-state index in [2.05, 4.69) is 14.9 Å². The number of fused-ring (bicyclic) bond motifs is 1. The van der Waals surface area contributed by atoms with E-state index in [-0.39, 0.29) is 6.10 Å². The van der Waals surface area contributed by atoms with Crippen molar-refractivity contribution in [2.75, 3.05) is 31.2 Å². The van der Waals surface area contributed by atoms with Crippen molar-refractivity contribution in [3.8, 4) is 5.88 Å². The quantitative estimate of drug-likeness (QED) is 0.738. The third-order valence-corrected chi connectivity index (χ3v) is 3.94. The van der Waals surface area contributed by atoms with E-state index >= 15 is 0 Å². The van der Waals surface area contributed by atoms with E-state index in [0.29, 0.717) is 38.2 Å². The zero-order chi connectivity index (χ0) is 16.4. The Hall–Kier alpha value is -2.60. The molecule has 0 amide bonds. The fourth-order valence-corrected chi connectivity index (χ4v) is 2.77. The first-order chi connectivity index (χ1) is 11.8. The van der Waals surface area contributed by atoms with Gasteiger partial charge in [0.1, 0.15) is 11.6 Å². The van der Waals surface area contributed by atoms with Crippen LogP contribution in [0, 0.1) is 6.92 Å². The van der Waals surface area contributed by atoms with Crippen molar-refractivity contribution in [1.82, 2.24) is 9.97 Å². The molecule has 1 aromatic carbocycles. The highest BCUT2D eigenvalue weighted by molar-refractivity contribution is 5.74. The van der Waals surface area contributed by atoms with Gasteiger partial charge in [0.25, 0.3) is 6.01 Å². The van der Waals surface area contributed by atoms with Crippen LogP contribution in [0.3, 0.4) is 0 Å². The van der Waals surface area contributed by atoms with Crippen LogP contribution >= 0.6 is 0 Å². The molecule has 1 aliphatic heterocycles. The summed E-state index contributed by atoms with van der Waals surface area (Å²) >= 11 is 0. The molecule has 6 nitrogen and oxygen atoms in total. The fourth-order valence-electron chi connectivity index (χ4n) is 2.77. The Morgan fingerprint density at radius 1 is 1.12 bits per heavy atom. The average Bonchev–Trinajstić information content (AvgIpc) is 2.88. The maximum atomic E-state index is 5.99. The van der Waals surface area contributed by atoms with E-state index in [1.54, 1.807) is 0 Å². The molecule has 0 N–H and O–H groups in total. The molecule has 1 aliphatic rings. The Labute approximate surface area is 140 Å². The monoisotopic (exact) mass is 325 g/mol. The summed E-state index contributed by atoms with van der Waals surface area (Å²) in [4.78, 5) is 11.0. The van der Waals surface area contributed by atoms with E-state index < -0.39 is 0 Å². The van der Waals surface area contributed by atoms with Crippen molar-refractivity contribution < 1.29 is 13.9 Å². The van der Waals surface area contributed by atoms with Gasteiger partial charge in [-0.15, -0.1) is 0 Å². The minimum absolute atomic E-state index is 0.128. The number of oxazole rings is 1. The molecule has 0 spiro atoms. The molecule has 3 aromatic rings. The lowest BCUT2D eigenvalue weighted by atomic mass is 10.3. The summed E-state index contributed by atoms with van der Waals surface area (Å²) in [5, 5.41) is 0. The minimum atomic E-state index is -0.128. The van der Waals surface area contributed by atoms with Crippen LogP contribution in [0.2, 0.25) is 0 Å². The molecule has 0 radical (unpaired) electrons. The van der Waals surface area contributed by atoms with Gasteiger partial charge in [-0.25, -0.2) is 4.98 Å². The van der Waals surface area contributed by atoms with E-state index in [9.17, 15) is 0 Å². The van der Waals surface area contributed by atoms with Gasteiger partial charge in [-0.1, -0.05) is 18.2 Å². The van der Waals surface area contributed by atoms with Gasteiger partial charge >= 0.3 is 0 Å². The number of rotatable bonds is 3. The number of pyridine rings is 1. The predicted octanol–water partition coefficient (Wildman–Crippen LogP) is 2.82. The second kappa shape index (κ2) is 6.49. The molecule has 1 fully saturated rings. The number of aryl methyl sites for hydroxylation is 1. The smallest absolute Gasteiger partial charge is 0.298 e. The predicted molar refractivity (Wildman–Crippen MR) is 90.4 cm³/mol. The summed E-state index contributed by atoms with van der Waals surface area (Å²) < 4.78 is 17.5. The molecule has 0 bridgehead atoms. The molecule has 4 rings (SSSR count). The number of hydrogen-bond donors (Lipinski definition) is 0. The van der Waals surface area contributed by atoms with Crippen molar-refractivity contribution in [1.29, 1.82) is 0 Å². The number of hydrogen-bond acceptors (Lipinski definition) is 6. The van der Waals surface area contributed by atoms with Crippen LogP contribution in [-0.4, -0.2) is 42.4 Å². The summed E-state index contributed by atoms with van der Waals surface area (Å²) in [5.74, 6) is 0.614. The average molecular weight is 325 g/mol. The molecule has 1 saturated heterocycles. The van der Waals surface area contributed by atoms with Gasteiger partial charge < -0.3 is 18.8 Å². The summed E-state index contributed by atoms with van der Waals surface area (Å²) in [6.07, 6.45) is -0.128. The zero-order valence-corrected chi connectivity index (χ0v) is 13.5. The van der Waals surface area contributed by atoms with Gasteiger partial charge in [0.05, 0.1) is 19.8 Å². The van der Waals surface area contributed by atoms with Crippen LogP contribution in [0.4, 0.5) is 6.01 Å². The van der Waals surface area contributed by atoms with Crippen LogP contribution in [0.1, 0.15) is 5.69 Å². The number of anilines is 1. The van der Waals surface area contributed by atoms with Gasteiger partial charge in [-0.05, 0) is 25.1 Å². The van der Waals surface area contributed by atoms with E-state index in [1.165, 1.54) is 0 Å². The minimum Gasteiger partial charge on any atom is -0.470 e. The molecule has 2 aromatic heterocycles. The number of aromatic nitrogens is 2. The lowest BCUT2D eigenvalue weighted by Crippen LogP contribution is -2.36. The molecular weight excluding hydrogens is 306 g/mol. The Morgan fingerprint density at radius 3 is 2.92 bits per heavy atom. The molecule has 0 saturated carbocycles. The normalized spacial score (nSPS) is 18.5. The van der Waals surface area contributed by atoms with Crippen LogP contribution in [0.15, 0.2) is 46.9 Å². The lowest BCUT2D eigenvalue weighted by molar-refractivity contribution is 0.0705.